The maximum absolute atomic E-state index is 2.72. The summed E-state index contributed by atoms with van der Waals surface area (Å²) in [5, 5.41) is 0. The van der Waals surface area contributed by atoms with Gasteiger partial charge in [0.25, 0.3) is 0 Å². The van der Waals surface area contributed by atoms with E-state index < -0.39 is 0 Å². The molecule has 0 fully saturated rings. The average molecular weight is 416 g/mol. The topological polar surface area (TPSA) is 3.24 Å². The summed E-state index contributed by atoms with van der Waals surface area (Å²) >= 11 is 0. The van der Waals surface area contributed by atoms with Crippen LogP contribution in [0.2, 0.25) is 0 Å². The molecule has 0 aliphatic heterocycles. The zero-order chi connectivity index (χ0) is 21.9. The molecule has 0 N–H and O–H groups in total. The highest BCUT2D eigenvalue weighted by Gasteiger charge is 2.11. The molecule has 1 heteroatoms. The van der Waals surface area contributed by atoms with Crippen molar-refractivity contribution in [3.05, 3.63) is 29.3 Å². The fourth-order valence-corrected chi connectivity index (χ4v) is 4.67. The van der Waals surface area contributed by atoms with Gasteiger partial charge in [-0.05, 0) is 43.4 Å². The first-order chi connectivity index (χ1) is 14.7. The Morgan fingerprint density at radius 2 is 1.00 bits per heavy atom. The van der Waals surface area contributed by atoms with Crippen molar-refractivity contribution in [2.75, 3.05) is 18.0 Å². The molecular formula is C29H53N. The molecule has 1 rings (SSSR count). The Labute approximate surface area is 190 Å². The molecule has 0 saturated carbocycles. The standard InChI is InChI=1S/C29H53N/c1-5-8-10-12-14-16-18-20-25-30(26-21-19-17-15-13-11-9-6-2)29-24-22-23-27(4)28(29)7-3/h22-24H,5-21,25-26H2,1-4H3. The van der Waals surface area contributed by atoms with Crippen LogP contribution in [0, 0.1) is 6.92 Å². The van der Waals surface area contributed by atoms with Gasteiger partial charge in [0.2, 0.25) is 0 Å². The molecule has 0 unspecified atom stereocenters. The Bertz CT molecular complexity index is 487. The Hall–Kier alpha value is -0.980. The van der Waals surface area contributed by atoms with Crippen molar-refractivity contribution >= 4 is 5.69 Å². The first-order valence-electron chi connectivity index (χ1n) is 13.6. The van der Waals surface area contributed by atoms with E-state index >= 15 is 0 Å². The van der Waals surface area contributed by atoms with Crippen molar-refractivity contribution in [2.45, 2.75) is 137 Å². The lowest BCUT2D eigenvalue weighted by molar-refractivity contribution is 0.555. The third kappa shape index (κ3) is 12.0. The first-order valence-corrected chi connectivity index (χ1v) is 13.6. The SMILES string of the molecule is CCCCCCCCCCN(CCCCCCCCCC)c1cccc(C)c1CC. The summed E-state index contributed by atoms with van der Waals surface area (Å²) in [7, 11) is 0. The summed E-state index contributed by atoms with van der Waals surface area (Å²) in [6.45, 7) is 11.7. The van der Waals surface area contributed by atoms with Crippen molar-refractivity contribution in [1.29, 1.82) is 0 Å². The molecule has 1 aromatic carbocycles. The van der Waals surface area contributed by atoms with E-state index in [-0.39, 0.29) is 0 Å². The van der Waals surface area contributed by atoms with Crippen LogP contribution >= 0.6 is 0 Å². The summed E-state index contributed by atoms with van der Waals surface area (Å²) in [5.74, 6) is 0. The average Bonchev–Trinajstić information content (AvgIpc) is 2.75. The van der Waals surface area contributed by atoms with Crippen LogP contribution in [0.5, 0.6) is 0 Å². The van der Waals surface area contributed by atoms with Gasteiger partial charge in [-0.15, -0.1) is 0 Å². The van der Waals surface area contributed by atoms with Crippen LogP contribution in [-0.4, -0.2) is 13.1 Å². The molecule has 0 bridgehead atoms. The lowest BCUT2D eigenvalue weighted by Crippen LogP contribution is -2.27. The number of unbranched alkanes of at least 4 members (excludes halogenated alkanes) is 14. The Morgan fingerprint density at radius 1 is 0.567 bits per heavy atom. The van der Waals surface area contributed by atoms with E-state index in [0.29, 0.717) is 0 Å². The predicted octanol–water partition coefficient (Wildman–Crippen LogP) is 9.65. The summed E-state index contributed by atoms with van der Waals surface area (Å²) in [6, 6.07) is 6.92. The van der Waals surface area contributed by atoms with Gasteiger partial charge in [-0.1, -0.05) is 123 Å². The number of nitrogens with zero attached hydrogens (tertiary/aromatic N) is 1. The number of benzene rings is 1. The van der Waals surface area contributed by atoms with E-state index in [9.17, 15) is 0 Å². The maximum Gasteiger partial charge on any atom is 0.0401 e. The number of hydrogen-bond donors (Lipinski definition) is 0. The lowest BCUT2D eigenvalue weighted by atomic mass is 10.0. The Balaban J connectivity index is 2.44. The van der Waals surface area contributed by atoms with Gasteiger partial charge in [0.05, 0.1) is 0 Å². The van der Waals surface area contributed by atoms with Gasteiger partial charge in [-0.25, -0.2) is 0 Å². The molecule has 0 aromatic heterocycles. The quantitative estimate of drug-likeness (QED) is 0.192. The van der Waals surface area contributed by atoms with Gasteiger partial charge in [-0.2, -0.15) is 0 Å². The molecule has 0 heterocycles. The summed E-state index contributed by atoms with van der Waals surface area (Å²) in [4.78, 5) is 2.72. The highest BCUT2D eigenvalue weighted by atomic mass is 15.1. The molecule has 0 saturated heterocycles. The van der Waals surface area contributed by atoms with Crippen molar-refractivity contribution < 1.29 is 0 Å². The molecule has 0 aliphatic carbocycles. The van der Waals surface area contributed by atoms with Crippen LogP contribution in [0.4, 0.5) is 5.69 Å². The van der Waals surface area contributed by atoms with E-state index in [2.05, 4.69) is 50.8 Å². The van der Waals surface area contributed by atoms with E-state index in [0.717, 1.165) is 6.42 Å². The predicted molar refractivity (Wildman–Crippen MR) is 138 cm³/mol. The van der Waals surface area contributed by atoms with Gasteiger partial charge in [0, 0.05) is 18.8 Å². The van der Waals surface area contributed by atoms with Gasteiger partial charge < -0.3 is 4.90 Å². The summed E-state index contributed by atoms with van der Waals surface area (Å²) in [5.41, 5.74) is 4.55. The second-order valence-electron chi connectivity index (χ2n) is 9.36. The minimum absolute atomic E-state index is 1.15. The van der Waals surface area contributed by atoms with Crippen LogP contribution in [0.3, 0.4) is 0 Å². The van der Waals surface area contributed by atoms with E-state index in [1.807, 2.05) is 0 Å². The second-order valence-corrected chi connectivity index (χ2v) is 9.36. The monoisotopic (exact) mass is 415 g/mol. The number of rotatable bonds is 20. The fourth-order valence-electron chi connectivity index (χ4n) is 4.67. The van der Waals surface area contributed by atoms with E-state index in [1.54, 1.807) is 5.56 Å². The number of anilines is 1. The van der Waals surface area contributed by atoms with Crippen LogP contribution in [0.25, 0.3) is 0 Å². The van der Waals surface area contributed by atoms with E-state index in [4.69, 9.17) is 0 Å². The smallest absolute Gasteiger partial charge is 0.0401 e. The minimum atomic E-state index is 1.15. The Kier molecular flexibility index (Phi) is 16.9. The third-order valence-electron chi connectivity index (χ3n) is 6.64. The van der Waals surface area contributed by atoms with E-state index in [1.165, 1.54) is 127 Å². The van der Waals surface area contributed by atoms with Crippen LogP contribution in [-0.2, 0) is 6.42 Å². The first kappa shape index (κ1) is 27.1. The molecule has 0 radical (unpaired) electrons. The molecule has 174 valence electrons. The maximum atomic E-state index is 2.72. The number of aryl methyl sites for hydroxylation is 1. The van der Waals surface area contributed by atoms with Gasteiger partial charge in [-0.3, -0.25) is 0 Å². The van der Waals surface area contributed by atoms with Crippen molar-refractivity contribution in [3.63, 3.8) is 0 Å². The second kappa shape index (κ2) is 18.8. The molecule has 1 aromatic rings. The molecule has 0 aliphatic rings. The fraction of sp³-hybridized carbons (Fsp3) is 0.793. The highest BCUT2D eigenvalue weighted by molar-refractivity contribution is 5.56. The zero-order valence-corrected chi connectivity index (χ0v) is 21.1. The summed E-state index contributed by atoms with van der Waals surface area (Å²) < 4.78 is 0. The Morgan fingerprint density at radius 3 is 1.43 bits per heavy atom. The lowest BCUT2D eigenvalue weighted by Gasteiger charge is -2.28. The normalized spacial score (nSPS) is 11.2. The number of hydrogen-bond acceptors (Lipinski definition) is 1. The van der Waals surface area contributed by atoms with Crippen LogP contribution < -0.4 is 4.90 Å². The zero-order valence-electron chi connectivity index (χ0n) is 21.1. The molecule has 0 atom stereocenters. The largest absolute Gasteiger partial charge is 0.371 e. The molecule has 0 amide bonds. The van der Waals surface area contributed by atoms with Crippen molar-refractivity contribution in [1.82, 2.24) is 0 Å². The van der Waals surface area contributed by atoms with Crippen molar-refractivity contribution in [3.8, 4) is 0 Å². The molecule has 1 nitrogen and oxygen atoms in total. The highest BCUT2D eigenvalue weighted by Crippen LogP contribution is 2.26. The van der Waals surface area contributed by atoms with Gasteiger partial charge >= 0.3 is 0 Å². The van der Waals surface area contributed by atoms with Crippen LogP contribution in [0.1, 0.15) is 135 Å². The molecule has 30 heavy (non-hydrogen) atoms. The third-order valence-corrected chi connectivity index (χ3v) is 6.64. The molecule has 0 spiro atoms. The van der Waals surface area contributed by atoms with Gasteiger partial charge in [0.1, 0.15) is 0 Å². The van der Waals surface area contributed by atoms with Crippen molar-refractivity contribution in [2.24, 2.45) is 0 Å². The minimum Gasteiger partial charge on any atom is -0.371 e. The summed E-state index contributed by atoms with van der Waals surface area (Å²) in [6.07, 6.45) is 23.6. The van der Waals surface area contributed by atoms with Crippen LogP contribution in [0.15, 0.2) is 18.2 Å². The van der Waals surface area contributed by atoms with Gasteiger partial charge in [0.15, 0.2) is 0 Å². The molecular weight excluding hydrogens is 362 g/mol.